The van der Waals surface area contributed by atoms with E-state index in [0.717, 1.165) is 38.2 Å². The molecule has 0 aromatic heterocycles. The van der Waals surface area contributed by atoms with Gasteiger partial charge in [0, 0.05) is 31.2 Å². The summed E-state index contributed by atoms with van der Waals surface area (Å²) in [5, 5.41) is 9.62. The second-order valence-electron chi connectivity index (χ2n) is 5.07. The van der Waals surface area contributed by atoms with Crippen molar-refractivity contribution in [1.82, 2.24) is 9.80 Å². The predicted octanol–water partition coefficient (Wildman–Crippen LogP) is 1.41. The zero-order valence-corrected chi connectivity index (χ0v) is 12.4. The number of benzene rings is 1. The Morgan fingerprint density at radius 2 is 2.00 bits per heavy atom. The summed E-state index contributed by atoms with van der Waals surface area (Å²) >= 11 is 6.10. The Hall–Kier alpha value is -1.10. The molecule has 110 valence electrons. The van der Waals surface area contributed by atoms with Crippen molar-refractivity contribution in [2.75, 3.05) is 39.3 Å². The Balaban J connectivity index is 1.91. The van der Waals surface area contributed by atoms with Gasteiger partial charge in [-0.2, -0.15) is 0 Å². The fraction of sp³-hybridized carbons (Fsp3) is 0.533. The van der Waals surface area contributed by atoms with Gasteiger partial charge in [0.15, 0.2) is 0 Å². The van der Waals surface area contributed by atoms with Gasteiger partial charge in [-0.05, 0) is 24.6 Å². The van der Waals surface area contributed by atoms with E-state index in [9.17, 15) is 4.79 Å². The molecule has 1 amide bonds. The van der Waals surface area contributed by atoms with Crippen molar-refractivity contribution in [3.05, 3.63) is 34.9 Å². The molecule has 1 saturated heterocycles. The molecule has 1 fully saturated rings. The van der Waals surface area contributed by atoms with Crippen LogP contribution in [0.3, 0.4) is 0 Å². The van der Waals surface area contributed by atoms with Crippen molar-refractivity contribution >= 4 is 17.5 Å². The van der Waals surface area contributed by atoms with Gasteiger partial charge in [0.05, 0.1) is 13.0 Å². The molecule has 5 heteroatoms. The second-order valence-corrected chi connectivity index (χ2v) is 5.47. The number of halogens is 1. The summed E-state index contributed by atoms with van der Waals surface area (Å²) in [7, 11) is 0. The van der Waals surface area contributed by atoms with Gasteiger partial charge in [0.2, 0.25) is 5.91 Å². The lowest BCUT2D eigenvalue weighted by molar-refractivity contribution is -0.130. The molecule has 1 N–H and O–H groups in total. The minimum Gasteiger partial charge on any atom is -0.395 e. The quantitative estimate of drug-likeness (QED) is 0.914. The maximum absolute atomic E-state index is 12.3. The number of β-amino-alcohol motifs (C(OH)–C–C–N with tert-alkyl or cyclic N) is 1. The average molecular weight is 297 g/mol. The Morgan fingerprint density at radius 3 is 2.75 bits per heavy atom. The third-order valence-electron chi connectivity index (χ3n) is 3.66. The summed E-state index contributed by atoms with van der Waals surface area (Å²) in [6, 6.07) is 7.49. The molecule has 0 bridgehead atoms. The minimum absolute atomic E-state index is 0.129. The van der Waals surface area contributed by atoms with Crippen LogP contribution in [0.5, 0.6) is 0 Å². The largest absolute Gasteiger partial charge is 0.395 e. The number of amides is 1. The normalized spacial score (nSPS) is 17.0. The number of nitrogens with zero attached hydrogens (tertiary/aromatic N) is 2. The lowest BCUT2D eigenvalue weighted by Gasteiger charge is -2.21. The topological polar surface area (TPSA) is 43.8 Å². The summed E-state index contributed by atoms with van der Waals surface area (Å²) in [5.74, 6) is 0.129. The van der Waals surface area contributed by atoms with Crippen LogP contribution in [0.1, 0.15) is 12.0 Å². The lowest BCUT2D eigenvalue weighted by Crippen LogP contribution is -2.36. The van der Waals surface area contributed by atoms with Gasteiger partial charge >= 0.3 is 0 Å². The Morgan fingerprint density at radius 1 is 1.20 bits per heavy atom. The monoisotopic (exact) mass is 296 g/mol. The zero-order valence-electron chi connectivity index (χ0n) is 11.6. The molecule has 0 saturated carbocycles. The smallest absolute Gasteiger partial charge is 0.227 e. The number of rotatable bonds is 4. The zero-order chi connectivity index (χ0) is 14.4. The van der Waals surface area contributed by atoms with Crippen molar-refractivity contribution in [2.45, 2.75) is 12.8 Å². The summed E-state index contributed by atoms with van der Waals surface area (Å²) in [6.07, 6.45) is 1.31. The summed E-state index contributed by atoms with van der Waals surface area (Å²) in [4.78, 5) is 16.4. The molecule has 1 aliphatic heterocycles. The van der Waals surface area contributed by atoms with Gasteiger partial charge in [-0.1, -0.05) is 29.8 Å². The van der Waals surface area contributed by atoms with Crippen LogP contribution in [-0.2, 0) is 11.2 Å². The lowest BCUT2D eigenvalue weighted by atomic mass is 10.1. The van der Waals surface area contributed by atoms with Gasteiger partial charge < -0.3 is 10.0 Å². The van der Waals surface area contributed by atoms with Crippen molar-refractivity contribution in [3.63, 3.8) is 0 Å². The van der Waals surface area contributed by atoms with Crippen molar-refractivity contribution in [1.29, 1.82) is 0 Å². The van der Waals surface area contributed by atoms with E-state index in [0.29, 0.717) is 18.0 Å². The van der Waals surface area contributed by atoms with Gasteiger partial charge in [0.1, 0.15) is 0 Å². The highest BCUT2D eigenvalue weighted by Gasteiger charge is 2.19. The van der Waals surface area contributed by atoms with Crippen LogP contribution >= 0.6 is 11.6 Å². The van der Waals surface area contributed by atoms with Crippen LogP contribution in [0.4, 0.5) is 0 Å². The van der Waals surface area contributed by atoms with Crippen LogP contribution in [0.15, 0.2) is 24.3 Å². The number of hydrogen-bond donors (Lipinski definition) is 1. The molecule has 20 heavy (non-hydrogen) atoms. The summed E-state index contributed by atoms with van der Waals surface area (Å²) in [6.45, 7) is 4.14. The van der Waals surface area contributed by atoms with Crippen molar-refractivity contribution in [2.24, 2.45) is 0 Å². The molecular weight excluding hydrogens is 276 g/mol. The van der Waals surface area contributed by atoms with Crippen LogP contribution < -0.4 is 0 Å². The van der Waals surface area contributed by atoms with Crippen LogP contribution in [0.25, 0.3) is 0 Å². The Labute approximate surface area is 124 Å². The number of hydrogen-bond acceptors (Lipinski definition) is 3. The van der Waals surface area contributed by atoms with Crippen molar-refractivity contribution in [3.8, 4) is 0 Å². The van der Waals surface area contributed by atoms with E-state index in [1.54, 1.807) is 0 Å². The van der Waals surface area contributed by atoms with Gasteiger partial charge in [0.25, 0.3) is 0 Å². The molecule has 0 unspecified atom stereocenters. The number of carbonyl (C=O) groups excluding carboxylic acids is 1. The molecule has 1 aromatic rings. The first kappa shape index (κ1) is 15.3. The third kappa shape index (κ3) is 4.20. The minimum atomic E-state index is 0.129. The molecule has 0 atom stereocenters. The average Bonchev–Trinajstić information content (AvgIpc) is 2.67. The molecular formula is C15H21ClN2O2. The van der Waals surface area contributed by atoms with Crippen LogP contribution in [0, 0.1) is 0 Å². The molecule has 1 aliphatic rings. The number of aliphatic hydroxyl groups is 1. The molecule has 0 radical (unpaired) electrons. The van der Waals surface area contributed by atoms with Crippen LogP contribution in [-0.4, -0.2) is 60.1 Å². The van der Waals surface area contributed by atoms with E-state index >= 15 is 0 Å². The maximum atomic E-state index is 12.3. The second kappa shape index (κ2) is 7.62. The Kier molecular flexibility index (Phi) is 5.83. The fourth-order valence-corrected chi connectivity index (χ4v) is 2.70. The molecule has 2 rings (SSSR count). The fourth-order valence-electron chi connectivity index (χ4n) is 2.50. The van der Waals surface area contributed by atoms with E-state index in [4.69, 9.17) is 16.7 Å². The van der Waals surface area contributed by atoms with E-state index in [2.05, 4.69) is 4.90 Å². The van der Waals surface area contributed by atoms with Crippen molar-refractivity contribution < 1.29 is 9.90 Å². The number of carbonyl (C=O) groups is 1. The summed E-state index contributed by atoms with van der Waals surface area (Å²) < 4.78 is 0. The molecule has 1 heterocycles. The SMILES string of the molecule is O=C(Cc1ccccc1Cl)N1CCCN(CCO)CC1. The van der Waals surface area contributed by atoms with E-state index in [1.807, 2.05) is 29.2 Å². The maximum Gasteiger partial charge on any atom is 0.227 e. The number of aliphatic hydroxyl groups excluding tert-OH is 1. The molecule has 4 nitrogen and oxygen atoms in total. The van der Waals surface area contributed by atoms with Gasteiger partial charge in [-0.25, -0.2) is 0 Å². The summed E-state index contributed by atoms with van der Waals surface area (Å²) in [5.41, 5.74) is 0.885. The first-order valence-corrected chi connectivity index (χ1v) is 7.43. The molecule has 1 aromatic carbocycles. The molecule has 0 spiro atoms. The third-order valence-corrected chi connectivity index (χ3v) is 4.03. The van der Waals surface area contributed by atoms with E-state index in [1.165, 1.54) is 0 Å². The molecule has 0 aliphatic carbocycles. The first-order valence-electron chi connectivity index (χ1n) is 7.05. The Bertz CT molecular complexity index is 453. The van der Waals surface area contributed by atoms with Gasteiger partial charge in [-0.15, -0.1) is 0 Å². The van der Waals surface area contributed by atoms with E-state index < -0.39 is 0 Å². The highest BCUT2D eigenvalue weighted by Crippen LogP contribution is 2.16. The highest BCUT2D eigenvalue weighted by molar-refractivity contribution is 6.31. The first-order chi connectivity index (χ1) is 9.70. The highest BCUT2D eigenvalue weighted by atomic mass is 35.5. The standard InChI is InChI=1S/C15H21ClN2O2/c16-14-5-2-1-4-13(14)12-15(20)18-7-3-6-17(8-9-18)10-11-19/h1-2,4-5,19H,3,6-12H2. The van der Waals surface area contributed by atoms with Gasteiger partial charge in [-0.3, -0.25) is 9.69 Å². The van der Waals surface area contributed by atoms with Crippen LogP contribution in [0.2, 0.25) is 5.02 Å². The van der Waals surface area contributed by atoms with E-state index in [-0.39, 0.29) is 12.5 Å². The predicted molar refractivity (Wildman–Crippen MR) is 79.9 cm³/mol.